The molecule has 3 nitrogen and oxygen atoms in total. The van der Waals surface area contributed by atoms with Gasteiger partial charge in [0.15, 0.2) is 0 Å². The molecule has 11 aromatic rings. The van der Waals surface area contributed by atoms with Crippen molar-refractivity contribution in [2.75, 3.05) is 4.90 Å². The van der Waals surface area contributed by atoms with Crippen molar-refractivity contribution in [1.82, 2.24) is 0 Å². The van der Waals surface area contributed by atoms with Gasteiger partial charge in [-0.15, -0.1) is 0 Å². The van der Waals surface area contributed by atoms with Gasteiger partial charge in [-0.1, -0.05) is 127 Å². The molecule has 2 aromatic heterocycles. The van der Waals surface area contributed by atoms with Gasteiger partial charge in [0, 0.05) is 38.5 Å². The van der Waals surface area contributed by atoms with E-state index in [9.17, 15) is 0 Å². The second-order valence-electron chi connectivity index (χ2n) is 14.1. The van der Waals surface area contributed by atoms with Gasteiger partial charge >= 0.3 is 0 Å². The van der Waals surface area contributed by atoms with Crippen LogP contribution in [0, 0.1) is 0 Å². The van der Waals surface area contributed by atoms with Crippen molar-refractivity contribution >= 4 is 71.7 Å². The summed E-state index contributed by atoms with van der Waals surface area (Å²) in [6.45, 7) is 0. The van der Waals surface area contributed by atoms with Crippen LogP contribution in [-0.4, -0.2) is 0 Å². The molecule has 0 aliphatic rings. The molecule has 11 rings (SSSR count). The summed E-state index contributed by atoms with van der Waals surface area (Å²) >= 11 is 0. The lowest BCUT2D eigenvalue weighted by Crippen LogP contribution is -2.11. The second-order valence-corrected chi connectivity index (χ2v) is 14.1. The molecule has 9 aromatic carbocycles. The predicted octanol–water partition coefficient (Wildman–Crippen LogP) is 15.1. The van der Waals surface area contributed by atoms with E-state index in [1.54, 1.807) is 0 Å². The van der Waals surface area contributed by atoms with Gasteiger partial charge in [-0.3, -0.25) is 0 Å². The lowest BCUT2D eigenvalue weighted by Gasteiger charge is -2.28. The number of anilines is 3. The number of para-hydroxylation sites is 2. The van der Waals surface area contributed by atoms with Crippen molar-refractivity contribution in [2.45, 2.75) is 0 Å². The van der Waals surface area contributed by atoms with Gasteiger partial charge in [0.1, 0.15) is 22.3 Å². The highest BCUT2D eigenvalue weighted by molar-refractivity contribution is 6.11. The summed E-state index contributed by atoms with van der Waals surface area (Å²) in [4.78, 5) is 2.36. The number of hydrogen-bond acceptors (Lipinski definition) is 3. The Kier molecular flexibility index (Phi) is 7.17. The second kappa shape index (κ2) is 12.6. The van der Waals surface area contributed by atoms with Crippen LogP contribution in [-0.2, 0) is 0 Å². The van der Waals surface area contributed by atoms with Crippen molar-refractivity contribution in [3.05, 3.63) is 200 Å². The third-order valence-corrected chi connectivity index (χ3v) is 10.9. The zero-order valence-electron chi connectivity index (χ0n) is 29.8. The Morgan fingerprint density at radius 3 is 1.60 bits per heavy atom. The topological polar surface area (TPSA) is 29.5 Å². The van der Waals surface area contributed by atoms with Gasteiger partial charge in [-0.25, -0.2) is 0 Å². The van der Waals surface area contributed by atoms with E-state index in [1.165, 1.54) is 21.9 Å². The summed E-state index contributed by atoms with van der Waals surface area (Å²) in [5.41, 5.74) is 13.7. The monoisotopic (exact) mass is 703 g/mol. The maximum atomic E-state index is 6.39. The molecule has 0 aliphatic heterocycles. The Bertz CT molecular complexity index is 3190. The number of nitrogens with zero attached hydrogens (tertiary/aromatic N) is 1. The molecule has 0 bridgehead atoms. The number of furan rings is 2. The number of rotatable bonds is 6. The van der Waals surface area contributed by atoms with E-state index in [-0.39, 0.29) is 0 Å². The molecular weight excluding hydrogens is 671 g/mol. The molecular formula is C52H33NO2. The van der Waals surface area contributed by atoms with Gasteiger partial charge in [-0.05, 0) is 111 Å². The first-order chi connectivity index (χ1) is 27.2. The fourth-order valence-corrected chi connectivity index (χ4v) is 8.11. The molecule has 0 amide bonds. The third-order valence-electron chi connectivity index (χ3n) is 10.9. The van der Waals surface area contributed by atoms with Gasteiger partial charge in [0.2, 0.25) is 0 Å². The Morgan fingerprint density at radius 2 is 0.818 bits per heavy atom. The minimum Gasteiger partial charge on any atom is -0.456 e. The number of hydrogen-bond donors (Lipinski definition) is 0. The van der Waals surface area contributed by atoms with E-state index >= 15 is 0 Å². The molecule has 0 atom stereocenters. The van der Waals surface area contributed by atoms with E-state index in [1.807, 2.05) is 12.1 Å². The van der Waals surface area contributed by atoms with Crippen LogP contribution in [0.2, 0.25) is 0 Å². The lowest BCUT2D eigenvalue weighted by molar-refractivity contribution is 0.669. The first kappa shape index (κ1) is 31.2. The van der Waals surface area contributed by atoms with Crippen LogP contribution in [0.4, 0.5) is 17.1 Å². The van der Waals surface area contributed by atoms with Crippen LogP contribution >= 0.6 is 0 Å². The smallest absolute Gasteiger partial charge is 0.136 e. The van der Waals surface area contributed by atoms with Crippen molar-refractivity contribution in [1.29, 1.82) is 0 Å². The molecule has 0 unspecified atom stereocenters. The van der Waals surface area contributed by atoms with Gasteiger partial charge in [0.25, 0.3) is 0 Å². The third kappa shape index (κ3) is 5.36. The van der Waals surface area contributed by atoms with E-state index in [0.717, 1.165) is 83.2 Å². The Hall–Kier alpha value is -7.36. The molecule has 258 valence electrons. The van der Waals surface area contributed by atoms with Crippen LogP contribution in [0.25, 0.3) is 88.0 Å². The minimum atomic E-state index is 0.885. The van der Waals surface area contributed by atoms with Crippen LogP contribution in [0.5, 0.6) is 0 Å². The van der Waals surface area contributed by atoms with E-state index in [0.29, 0.717) is 0 Å². The van der Waals surface area contributed by atoms with Crippen LogP contribution in [0.1, 0.15) is 0 Å². The van der Waals surface area contributed by atoms with E-state index in [4.69, 9.17) is 8.83 Å². The quantitative estimate of drug-likeness (QED) is 0.173. The Morgan fingerprint density at radius 1 is 0.291 bits per heavy atom. The summed E-state index contributed by atoms with van der Waals surface area (Å²) < 4.78 is 12.6. The molecule has 0 aliphatic carbocycles. The fourth-order valence-electron chi connectivity index (χ4n) is 8.11. The van der Waals surface area contributed by atoms with Crippen molar-refractivity contribution in [2.24, 2.45) is 0 Å². The van der Waals surface area contributed by atoms with Gasteiger partial charge < -0.3 is 13.7 Å². The fraction of sp³-hybridized carbons (Fsp3) is 0. The SMILES string of the molecule is c1ccc(-c2ccc(N(c3ccc(-c4ccc5c(c4)oc4ccccc45)cc3)c3ccccc3-c3ccc4oc5cc6ccccc6cc5c4c3)cc2)cc1. The molecule has 55 heavy (non-hydrogen) atoms. The molecule has 0 saturated carbocycles. The molecule has 0 fully saturated rings. The highest BCUT2D eigenvalue weighted by Gasteiger charge is 2.19. The summed E-state index contributed by atoms with van der Waals surface area (Å²) in [5, 5.41) is 6.88. The summed E-state index contributed by atoms with van der Waals surface area (Å²) in [6, 6.07) is 71.1. The molecule has 2 heterocycles. The minimum absolute atomic E-state index is 0.885. The first-order valence-corrected chi connectivity index (χ1v) is 18.7. The highest BCUT2D eigenvalue weighted by atomic mass is 16.3. The van der Waals surface area contributed by atoms with Crippen molar-refractivity contribution < 1.29 is 8.83 Å². The Balaban J connectivity index is 1.03. The summed E-state index contributed by atoms with van der Waals surface area (Å²) in [6.07, 6.45) is 0. The standard InChI is InChI=1S/C52H33NO2/c1-2-10-34(11-3-1)35-18-24-41(25-19-35)53(42-26-20-36(21-27-42)39-22-28-45-44-15-7-9-17-49(44)54-51(45)33-39)48-16-8-6-14-43(48)40-23-29-50-46(31-40)47-30-37-12-4-5-13-38(37)32-52(47)55-50/h1-33H. The van der Waals surface area contributed by atoms with Crippen LogP contribution < -0.4 is 4.90 Å². The maximum Gasteiger partial charge on any atom is 0.136 e. The lowest BCUT2D eigenvalue weighted by atomic mass is 9.98. The maximum absolute atomic E-state index is 6.39. The van der Waals surface area contributed by atoms with Crippen molar-refractivity contribution in [3.8, 4) is 33.4 Å². The number of fused-ring (bicyclic) bond motifs is 7. The average Bonchev–Trinajstić information content (AvgIpc) is 3.81. The Labute approximate surface area is 317 Å². The molecule has 0 spiro atoms. The molecule has 0 saturated heterocycles. The average molecular weight is 704 g/mol. The van der Waals surface area contributed by atoms with E-state index in [2.05, 4.69) is 193 Å². The van der Waals surface area contributed by atoms with E-state index < -0.39 is 0 Å². The normalized spacial score (nSPS) is 11.6. The largest absolute Gasteiger partial charge is 0.456 e. The first-order valence-electron chi connectivity index (χ1n) is 18.7. The van der Waals surface area contributed by atoms with Gasteiger partial charge in [-0.2, -0.15) is 0 Å². The molecule has 3 heteroatoms. The molecule has 0 N–H and O–H groups in total. The zero-order chi connectivity index (χ0) is 36.3. The summed E-state index contributed by atoms with van der Waals surface area (Å²) in [7, 11) is 0. The van der Waals surface area contributed by atoms with Gasteiger partial charge in [0.05, 0.1) is 5.69 Å². The highest BCUT2D eigenvalue weighted by Crippen LogP contribution is 2.44. The molecule has 0 radical (unpaired) electrons. The van der Waals surface area contributed by atoms with Crippen molar-refractivity contribution in [3.63, 3.8) is 0 Å². The summed E-state index contributed by atoms with van der Waals surface area (Å²) in [5.74, 6) is 0. The van der Waals surface area contributed by atoms with Crippen LogP contribution in [0.15, 0.2) is 209 Å². The number of benzene rings is 9. The zero-order valence-corrected chi connectivity index (χ0v) is 29.8. The van der Waals surface area contributed by atoms with Crippen LogP contribution in [0.3, 0.4) is 0 Å². The predicted molar refractivity (Wildman–Crippen MR) is 229 cm³/mol.